The Labute approximate surface area is 138 Å². The number of amides is 1. The normalized spacial score (nSPS) is 16.7. The first kappa shape index (κ1) is 17.8. The molecular formula is C13H19N3O5S2. The van der Waals surface area contributed by atoms with Crippen LogP contribution in [-0.4, -0.2) is 72.5 Å². The molecule has 0 atom stereocenters. The Kier molecular flexibility index (Phi) is 5.37. The van der Waals surface area contributed by atoms with Gasteiger partial charge in [-0.15, -0.1) is 11.3 Å². The Bertz CT molecular complexity index is 692. The van der Waals surface area contributed by atoms with Crippen LogP contribution in [0.15, 0.2) is 6.20 Å². The molecule has 128 valence electrons. The number of piperidine rings is 1. The molecule has 0 aromatic carbocycles. The minimum Gasteiger partial charge on any atom is -0.477 e. The fraction of sp³-hybridized carbons (Fsp3) is 0.615. The molecule has 1 aromatic rings. The highest BCUT2D eigenvalue weighted by Gasteiger charge is 2.27. The summed E-state index contributed by atoms with van der Waals surface area (Å²) in [5.74, 6) is -1.06. The van der Waals surface area contributed by atoms with Crippen molar-refractivity contribution >= 4 is 33.2 Å². The van der Waals surface area contributed by atoms with Crippen molar-refractivity contribution in [3.63, 3.8) is 0 Å². The van der Waals surface area contributed by atoms with Crippen LogP contribution in [0, 0.1) is 0 Å². The highest BCUT2D eigenvalue weighted by molar-refractivity contribution is 7.88. The van der Waals surface area contributed by atoms with E-state index in [2.05, 4.69) is 4.98 Å². The highest BCUT2D eigenvalue weighted by atomic mass is 32.2. The van der Waals surface area contributed by atoms with E-state index in [4.69, 9.17) is 5.11 Å². The zero-order chi connectivity index (χ0) is 17.2. The lowest BCUT2D eigenvalue weighted by Gasteiger charge is -2.32. The van der Waals surface area contributed by atoms with Gasteiger partial charge >= 0.3 is 5.97 Å². The minimum atomic E-state index is -3.37. The molecule has 1 saturated heterocycles. The number of carboxylic acids is 1. The maximum absolute atomic E-state index is 12.1. The number of hydrogen-bond donors (Lipinski definition) is 1. The largest absolute Gasteiger partial charge is 0.477 e. The summed E-state index contributed by atoms with van der Waals surface area (Å²) in [7, 11) is -2.00. The summed E-state index contributed by atoms with van der Waals surface area (Å²) in [6.07, 6.45) is 3.82. The smallest absolute Gasteiger partial charge is 0.347 e. The summed E-state index contributed by atoms with van der Waals surface area (Å²) in [6.45, 7) is 0.871. The summed E-state index contributed by atoms with van der Waals surface area (Å²) in [5.41, 5.74) is 0. The SMILES string of the molecule is CN(CC(=O)N1CCC(c2ncc(C(=O)O)s2)CC1)S(C)(=O)=O. The van der Waals surface area contributed by atoms with E-state index in [1.165, 1.54) is 24.6 Å². The first-order valence-corrected chi connectivity index (χ1v) is 9.73. The molecule has 0 unspecified atom stereocenters. The van der Waals surface area contributed by atoms with Crippen LogP contribution in [0.1, 0.15) is 33.4 Å². The van der Waals surface area contributed by atoms with Gasteiger partial charge in [-0.3, -0.25) is 4.79 Å². The first-order chi connectivity index (χ1) is 10.7. The van der Waals surface area contributed by atoms with Gasteiger partial charge in [0.05, 0.1) is 24.0 Å². The molecule has 10 heteroatoms. The maximum Gasteiger partial charge on any atom is 0.347 e. The van der Waals surface area contributed by atoms with E-state index in [-0.39, 0.29) is 23.2 Å². The quantitative estimate of drug-likeness (QED) is 0.815. The van der Waals surface area contributed by atoms with Gasteiger partial charge in [-0.25, -0.2) is 18.2 Å². The Balaban J connectivity index is 1.90. The molecule has 8 nitrogen and oxygen atoms in total. The summed E-state index contributed by atoms with van der Waals surface area (Å²) in [6, 6.07) is 0. The van der Waals surface area contributed by atoms with Crippen molar-refractivity contribution in [1.82, 2.24) is 14.2 Å². The van der Waals surface area contributed by atoms with Gasteiger partial charge in [-0.05, 0) is 12.8 Å². The summed E-state index contributed by atoms with van der Waals surface area (Å²) in [5, 5.41) is 9.71. The second-order valence-electron chi connectivity index (χ2n) is 5.54. The van der Waals surface area contributed by atoms with E-state index in [0.29, 0.717) is 25.9 Å². The lowest BCUT2D eigenvalue weighted by atomic mass is 9.97. The molecule has 1 aliphatic heterocycles. The molecule has 1 fully saturated rings. The van der Waals surface area contributed by atoms with Crippen LogP contribution in [0.5, 0.6) is 0 Å². The highest BCUT2D eigenvalue weighted by Crippen LogP contribution is 2.31. The molecule has 1 aliphatic rings. The van der Waals surface area contributed by atoms with Crippen LogP contribution < -0.4 is 0 Å². The van der Waals surface area contributed by atoms with Gasteiger partial charge in [-0.1, -0.05) is 0 Å². The third-order valence-corrected chi connectivity index (χ3v) is 6.26. The predicted octanol–water partition coefficient (Wildman–Crippen LogP) is 0.439. The van der Waals surface area contributed by atoms with Gasteiger partial charge in [0.15, 0.2) is 0 Å². The van der Waals surface area contributed by atoms with E-state index in [9.17, 15) is 18.0 Å². The number of likely N-dealkylation sites (N-methyl/N-ethyl adjacent to an activating group) is 1. The van der Waals surface area contributed by atoms with Crippen molar-refractivity contribution in [1.29, 1.82) is 0 Å². The molecule has 2 rings (SSSR count). The van der Waals surface area contributed by atoms with Gasteiger partial charge in [0.1, 0.15) is 4.88 Å². The molecule has 0 spiro atoms. The van der Waals surface area contributed by atoms with E-state index < -0.39 is 16.0 Å². The van der Waals surface area contributed by atoms with Crippen molar-refractivity contribution in [2.24, 2.45) is 0 Å². The van der Waals surface area contributed by atoms with Crippen molar-refractivity contribution in [2.45, 2.75) is 18.8 Å². The van der Waals surface area contributed by atoms with E-state index >= 15 is 0 Å². The molecule has 23 heavy (non-hydrogen) atoms. The maximum atomic E-state index is 12.1. The molecule has 1 aromatic heterocycles. The second-order valence-corrected chi connectivity index (χ2v) is 8.69. The van der Waals surface area contributed by atoms with E-state index in [0.717, 1.165) is 15.6 Å². The topological polar surface area (TPSA) is 108 Å². The fourth-order valence-corrected chi connectivity index (χ4v) is 3.63. The standard InChI is InChI=1S/C13H19N3O5S2/c1-15(23(2,20)21)8-11(17)16-5-3-9(4-6-16)12-14-7-10(22-12)13(18)19/h7,9H,3-6,8H2,1-2H3,(H,18,19). The zero-order valence-corrected chi connectivity index (χ0v) is 14.6. The fourth-order valence-electron chi connectivity index (χ4n) is 2.36. The summed E-state index contributed by atoms with van der Waals surface area (Å²) in [4.78, 5) is 29.0. The predicted molar refractivity (Wildman–Crippen MR) is 85.1 cm³/mol. The molecular weight excluding hydrogens is 342 g/mol. The van der Waals surface area contributed by atoms with Crippen molar-refractivity contribution in [2.75, 3.05) is 32.9 Å². The zero-order valence-electron chi connectivity index (χ0n) is 12.9. The molecule has 0 saturated carbocycles. The Morgan fingerprint density at radius 3 is 2.52 bits per heavy atom. The Hall–Kier alpha value is -1.52. The third-order valence-electron chi connectivity index (χ3n) is 3.86. The average Bonchev–Trinajstić information content (AvgIpc) is 2.96. The second kappa shape index (κ2) is 6.93. The number of hydrogen-bond acceptors (Lipinski definition) is 6. The van der Waals surface area contributed by atoms with Crippen LogP contribution in [0.2, 0.25) is 0 Å². The van der Waals surface area contributed by atoms with E-state index in [1.807, 2.05) is 0 Å². The number of rotatable bonds is 5. The third kappa shape index (κ3) is 4.49. The van der Waals surface area contributed by atoms with E-state index in [1.54, 1.807) is 4.90 Å². The van der Waals surface area contributed by atoms with Gasteiger partial charge in [-0.2, -0.15) is 4.31 Å². The molecule has 0 bridgehead atoms. The lowest BCUT2D eigenvalue weighted by molar-refractivity contribution is -0.132. The molecule has 1 N–H and O–H groups in total. The van der Waals surface area contributed by atoms with Crippen LogP contribution in [0.3, 0.4) is 0 Å². The number of carboxylic acid groups (broad SMARTS) is 1. The number of carbonyl (C=O) groups excluding carboxylic acids is 1. The van der Waals surface area contributed by atoms with Crippen molar-refractivity contribution in [3.8, 4) is 0 Å². The average molecular weight is 361 g/mol. The summed E-state index contributed by atoms with van der Waals surface area (Å²) >= 11 is 1.17. The number of likely N-dealkylation sites (tertiary alicyclic amines) is 1. The number of aromatic carboxylic acids is 1. The number of aromatic nitrogens is 1. The number of thiazole rings is 1. The molecule has 0 radical (unpaired) electrons. The minimum absolute atomic E-state index is 0.143. The molecule has 1 amide bonds. The molecule has 0 aliphatic carbocycles. The van der Waals surface area contributed by atoms with Crippen LogP contribution in [0.25, 0.3) is 0 Å². The number of carbonyl (C=O) groups is 2. The van der Waals surface area contributed by atoms with Crippen molar-refractivity contribution in [3.05, 3.63) is 16.1 Å². The van der Waals surface area contributed by atoms with Gasteiger partial charge in [0.2, 0.25) is 15.9 Å². The first-order valence-electron chi connectivity index (χ1n) is 7.06. The van der Waals surface area contributed by atoms with Gasteiger partial charge < -0.3 is 10.0 Å². The lowest BCUT2D eigenvalue weighted by Crippen LogP contribution is -2.44. The van der Waals surface area contributed by atoms with Gasteiger partial charge in [0, 0.05) is 26.1 Å². The number of nitrogens with zero attached hydrogens (tertiary/aromatic N) is 3. The number of sulfonamides is 1. The Morgan fingerprint density at radius 2 is 2.04 bits per heavy atom. The Morgan fingerprint density at radius 1 is 1.43 bits per heavy atom. The monoisotopic (exact) mass is 361 g/mol. The summed E-state index contributed by atoms with van der Waals surface area (Å²) < 4.78 is 23.7. The van der Waals surface area contributed by atoms with Crippen molar-refractivity contribution < 1.29 is 23.1 Å². The van der Waals surface area contributed by atoms with Crippen LogP contribution in [0.4, 0.5) is 0 Å². The van der Waals surface area contributed by atoms with Gasteiger partial charge in [0.25, 0.3) is 0 Å². The molecule has 2 heterocycles. The van der Waals surface area contributed by atoms with Crippen LogP contribution in [-0.2, 0) is 14.8 Å². The van der Waals surface area contributed by atoms with Crippen LogP contribution >= 0.6 is 11.3 Å².